The molecule has 0 saturated heterocycles. The van der Waals surface area contributed by atoms with Crippen LogP contribution in [0.25, 0.3) is 0 Å². The van der Waals surface area contributed by atoms with Crippen LogP contribution in [0.3, 0.4) is 0 Å². The Morgan fingerprint density at radius 2 is 1.79 bits per heavy atom. The number of aryl methyl sites for hydroxylation is 1. The first-order valence-electron chi connectivity index (χ1n) is 10.7. The average Bonchev–Trinajstić information content (AvgIpc) is 2.97. The molecule has 2 aromatic carbocycles. The van der Waals surface area contributed by atoms with Crippen LogP contribution in [0.15, 0.2) is 53.5 Å². The second-order valence-corrected chi connectivity index (χ2v) is 8.84. The van der Waals surface area contributed by atoms with E-state index in [0.717, 1.165) is 46.8 Å². The van der Waals surface area contributed by atoms with Crippen molar-refractivity contribution in [3.8, 4) is 0 Å². The van der Waals surface area contributed by atoms with Gasteiger partial charge in [0, 0.05) is 16.9 Å². The summed E-state index contributed by atoms with van der Waals surface area (Å²) in [4.78, 5) is 17.8. The summed E-state index contributed by atoms with van der Waals surface area (Å²) in [5.74, 6) is 0.380. The van der Waals surface area contributed by atoms with E-state index < -0.39 is 0 Å². The van der Waals surface area contributed by atoms with Gasteiger partial charge in [0.25, 0.3) is 0 Å². The Morgan fingerprint density at radius 1 is 1.07 bits per heavy atom. The number of rotatable bonds is 4. The number of amides is 1. The van der Waals surface area contributed by atoms with Gasteiger partial charge < -0.3 is 10.6 Å². The standard InChI is InChI=1S/C24H29N3OS/c1-2-18-11-5-7-13-20(18)25-22(28)17-29-23-19-12-6-8-14-21(19)26-24(27-23)15-9-3-4-10-16-24/h5-8,11-14,26H,2-4,9-10,15-17H2,1H3,(H,25,28). The van der Waals surface area contributed by atoms with Gasteiger partial charge in [-0.25, -0.2) is 4.99 Å². The molecule has 0 bridgehead atoms. The van der Waals surface area contributed by atoms with Crippen molar-refractivity contribution in [1.29, 1.82) is 0 Å². The molecule has 1 fully saturated rings. The predicted octanol–water partition coefficient (Wildman–Crippen LogP) is 5.84. The van der Waals surface area contributed by atoms with Crippen molar-refractivity contribution >= 4 is 34.1 Å². The Morgan fingerprint density at radius 3 is 2.59 bits per heavy atom. The highest BCUT2D eigenvalue weighted by Gasteiger charge is 2.35. The van der Waals surface area contributed by atoms with E-state index in [-0.39, 0.29) is 11.6 Å². The zero-order chi connectivity index (χ0) is 20.1. The summed E-state index contributed by atoms with van der Waals surface area (Å²) >= 11 is 1.55. The molecule has 1 aliphatic carbocycles. The van der Waals surface area contributed by atoms with Crippen LogP contribution < -0.4 is 10.6 Å². The molecule has 2 aromatic rings. The molecule has 2 aliphatic rings. The van der Waals surface area contributed by atoms with Crippen molar-refractivity contribution in [3.63, 3.8) is 0 Å². The molecule has 2 N–H and O–H groups in total. The molecule has 1 spiro atoms. The number of para-hydroxylation sites is 2. The summed E-state index contributed by atoms with van der Waals surface area (Å²) in [7, 11) is 0. The first kappa shape index (κ1) is 20.0. The minimum absolute atomic E-state index is 0.0181. The number of fused-ring (bicyclic) bond motifs is 1. The molecule has 1 saturated carbocycles. The fraction of sp³-hybridized carbons (Fsp3) is 0.417. The van der Waals surface area contributed by atoms with Crippen molar-refractivity contribution in [1.82, 2.24) is 0 Å². The van der Waals surface area contributed by atoms with Crippen LogP contribution in [0.1, 0.15) is 56.6 Å². The van der Waals surface area contributed by atoms with E-state index in [1.54, 1.807) is 11.8 Å². The third-order valence-electron chi connectivity index (χ3n) is 5.78. The summed E-state index contributed by atoms with van der Waals surface area (Å²) in [5, 5.41) is 7.79. The van der Waals surface area contributed by atoms with Crippen LogP contribution in [-0.2, 0) is 11.2 Å². The number of carbonyl (C=O) groups is 1. The summed E-state index contributed by atoms with van der Waals surface area (Å²) in [6.45, 7) is 2.10. The van der Waals surface area contributed by atoms with Crippen molar-refractivity contribution in [3.05, 3.63) is 59.7 Å². The van der Waals surface area contributed by atoms with E-state index in [2.05, 4.69) is 41.8 Å². The second-order valence-electron chi connectivity index (χ2n) is 7.88. The first-order chi connectivity index (χ1) is 14.2. The summed E-state index contributed by atoms with van der Waals surface area (Å²) in [6, 6.07) is 16.3. The predicted molar refractivity (Wildman–Crippen MR) is 124 cm³/mol. The molecule has 29 heavy (non-hydrogen) atoms. The van der Waals surface area contributed by atoms with Crippen LogP contribution in [0.2, 0.25) is 0 Å². The fourth-order valence-corrected chi connectivity index (χ4v) is 5.16. The lowest BCUT2D eigenvalue weighted by Gasteiger charge is -2.36. The van der Waals surface area contributed by atoms with Gasteiger partial charge in [-0.3, -0.25) is 4.79 Å². The number of nitrogens with zero attached hydrogens (tertiary/aromatic N) is 1. The summed E-state index contributed by atoms with van der Waals surface area (Å²) in [6.07, 6.45) is 7.97. The number of hydrogen-bond acceptors (Lipinski definition) is 4. The normalized spacial score (nSPS) is 17.6. The quantitative estimate of drug-likeness (QED) is 0.669. The van der Waals surface area contributed by atoms with Gasteiger partial charge in [-0.1, -0.05) is 67.9 Å². The number of carbonyl (C=O) groups excluding carboxylic acids is 1. The third kappa shape index (κ3) is 4.67. The first-order valence-corrected chi connectivity index (χ1v) is 11.7. The molecule has 5 heteroatoms. The van der Waals surface area contributed by atoms with Gasteiger partial charge >= 0.3 is 0 Å². The van der Waals surface area contributed by atoms with Gasteiger partial charge in [0.1, 0.15) is 10.7 Å². The lowest BCUT2D eigenvalue weighted by molar-refractivity contribution is -0.113. The molecular formula is C24H29N3OS. The number of aliphatic imine (C=N–C) groups is 1. The average molecular weight is 408 g/mol. The maximum atomic E-state index is 12.7. The van der Waals surface area contributed by atoms with Gasteiger partial charge in [-0.05, 0) is 49.8 Å². The highest BCUT2D eigenvalue weighted by Crippen LogP contribution is 2.39. The molecular weight excluding hydrogens is 378 g/mol. The zero-order valence-corrected chi connectivity index (χ0v) is 17.9. The van der Waals surface area contributed by atoms with Crippen LogP contribution in [-0.4, -0.2) is 22.4 Å². The molecule has 4 rings (SSSR count). The second kappa shape index (κ2) is 9.04. The Bertz CT molecular complexity index is 901. The van der Waals surface area contributed by atoms with Crippen molar-refractivity contribution in [2.45, 2.75) is 57.5 Å². The molecule has 1 aliphatic heterocycles. The van der Waals surface area contributed by atoms with Gasteiger partial charge in [0.15, 0.2) is 0 Å². The topological polar surface area (TPSA) is 53.5 Å². The number of thioether (sulfide) groups is 1. The van der Waals surface area contributed by atoms with E-state index in [1.165, 1.54) is 25.7 Å². The highest BCUT2D eigenvalue weighted by atomic mass is 32.2. The van der Waals surface area contributed by atoms with Gasteiger partial charge in [-0.15, -0.1) is 0 Å². The van der Waals surface area contributed by atoms with Crippen LogP contribution in [0.5, 0.6) is 0 Å². The minimum atomic E-state index is -0.210. The fourth-order valence-electron chi connectivity index (χ4n) is 4.24. The Kier molecular flexibility index (Phi) is 6.24. The van der Waals surface area contributed by atoms with E-state index in [4.69, 9.17) is 4.99 Å². The van der Waals surface area contributed by atoms with Crippen LogP contribution >= 0.6 is 11.8 Å². The van der Waals surface area contributed by atoms with Gasteiger partial charge in [0.05, 0.1) is 5.75 Å². The van der Waals surface area contributed by atoms with Gasteiger partial charge in [-0.2, -0.15) is 0 Å². The summed E-state index contributed by atoms with van der Waals surface area (Å²) < 4.78 is 0. The van der Waals surface area contributed by atoms with Crippen molar-refractivity contribution in [2.24, 2.45) is 4.99 Å². The maximum Gasteiger partial charge on any atom is 0.234 e. The van der Waals surface area contributed by atoms with Crippen molar-refractivity contribution in [2.75, 3.05) is 16.4 Å². The SMILES string of the molecule is CCc1ccccc1NC(=O)CSC1=NC2(CCCCCC2)Nc2ccccc21. The minimum Gasteiger partial charge on any atom is -0.361 e. The summed E-state index contributed by atoms with van der Waals surface area (Å²) in [5.41, 5.74) is 4.11. The molecule has 1 amide bonds. The molecule has 0 radical (unpaired) electrons. The number of anilines is 2. The third-order valence-corrected chi connectivity index (χ3v) is 6.77. The lowest BCUT2D eigenvalue weighted by Crippen LogP contribution is -2.40. The van der Waals surface area contributed by atoms with E-state index in [9.17, 15) is 4.79 Å². The maximum absolute atomic E-state index is 12.7. The smallest absolute Gasteiger partial charge is 0.234 e. The zero-order valence-electron chi connectivity index (χ0n) is 17.0. The molecule has 0 atom stereocenters. The number of benzene rings is 2. The molecule has 4 nitrogen and oxygen atoms in total. The van der Waals surface area contributed by atoms with Crippen LogP contribution in [0.4, 0.5) is 11.4 Å². The Labute approximate surface area is 177 Å². The Hall–Kier alpha value is -2.27. The van der Waals surface area contributed by atoms with E-state index in [0.29, 0.717) is 5.75 Å². The molecule has 152 valence electrons. The highest BCUT2D eigenvalue weighted by molar-refractivity contribution is 8.15. The van der Waals surface area contributed by atoms with Crippen molar-refractivity contribution < 1.29 is 4.79 Å². The van der Waals surface area contributed by atoms with E-state index >= 15 is 0 Å². The molecule has 1 heterocycles. The van der Waals surface area contributed by atoms with E-state index in [1.807, 2.05) is 24.3 Å². The monoisotopic (exact) mass is 407 g/mol. The number of hydrogen-bond donors (Lipinski definition) is 2. The van der Waals surface area contributed by atoms with Crippen LogP contribution in [0, 0.1) is 0 Å². The molecule has 0 unspecified atom stereocenters. The number of nitrogens with one attached hydrogen (secondary N) is 2. The lowest BCUT2D eigenvalue weighted by atomic mass is 9.97. The van der Waals surface area contributed by atoms with Gasteiger partial charge in [0.2, 0.25) is 5.91 Å². The largest absolute Gasteiger partial charge is 0.361 e. The Balaban J connectivity index is 1.51. The molecule has 0 aromatic heterocycles.